The molecule has 0 aromatic heterocycles. The summed E-state index contributed by atoms with van der Waals surface area (Å²) in [7, 11) is 0. The molecule has 1 aliphatic heterocycles. The van der Waals surface area contributed by atoms with Gasteiger partial charge >= 0.3 is 0 Å². The molecular formula is C14H16BrNO2. The van der Waals surface area contributed by atoms with E-state index in [9.17, 15) is 9.59 Å². The molecule has 2 rings (SSSR count). The molecule has 1 aromatic rings. The number of nitrogens with zero attached hydrogens (tertiary/aromatic N) is 1. The Balaban J connectivity index is 2.08. The van der Waals surface area contributed by atoms with Gasteiger partial charge in [0, 0.05) is 22.5 Å². The molecule has 1 fully saturated rings. The van der Waals surface area contributed by atoms with Crippen LogP contribution in [0.25, 0.3) is 0 Å². The van der Waals surface area contributed by atoms with Crippen LogP contribution in [0.5, 0.6) is 0 Å². The second kappa shape index (κ2) is 5.65. The molecule has 1 unspecified atom stereocenters. The average molecular weight is 310 g/mol. The zero-order chi connectivity index (χ0) is 13.1. The molecule has 4 heteroatoms. The van der Waals surface area contributed by atoms with E-state index in [4.69, 9.17) is 0 Å². The van der Waals surface area contributed by atoms with E-state index in [1.54, 1.807) is 11.0 Å². The number of amides is 1. The fourth-order valence-electron chi connectivity index (χ4n) is 2.24. The summed E-state index contributed by atoms with van der Waals surface area (Å²) in [5.41, 5.74) is 0.642. The van der Waals surface area contributed by atoms with E-state index in [-0.39, 0.29) is 24.2 Å². The van der Waals surface area contributed by atoms with Crippen molar-refractivity contribution in [2.24, 2.45) is 5.92 Å². The van der Waals surface area contributed by atoms with Gasteiger partial charge < -0.3 is 4.90 Å². The maximum atomic E-state index is 12.2. The fourth-order valence-corrected chi connectivity index (χ4v) is 2.74. The summed E-state index contributed by atoms with van der Waals surface area (Å²) < 4.78 is 0.785. The summed E-state index contributed by atoms with van der Waals surface area (Å²) >= 11 is 3.36. The SMILES string of the molecule is CC1CCCN(CC(=O)c2ccccc2Br)C1=O. The van der Waals surface area contributed by atoms with E-state index in [0.29, 0.717) is 12.1 Å². The first kappa shape index (κ1) is 13.3. The highest BCUT2D eigenvalue weighted by Gasteiger charge is 2.27. The third kappa shape index (κ3) is 2.80. The van der Waals surface area contributed by atoms with Crippen LogP contribution in [0.1, 0.15) is 30.1 Å². The quantitative estimate of drug-likeness (QED) is 0.805. The van der Waals surface area contributed by atoms with Crippen LogP contribution in [0.2, 0.25) is 0 Å². The van der Waals surface area contributed by atoms with Crippen molar-refractivity contribution in [1.82, 2.24) is 4.90 Å². The molecule has 1 heterocycles. The lowest BCUT2D eigenvalue weighted by Gasteiger charge is -2.30. The minimum atomic E-state index is -0.00933. The number of benzene rings is 1. The second-order valence-electron chi connectivity index (χ2n) is 4.71. The lowest BCUT2D eigenvalue weighted by molar-refractivity contribution is -0.137. The minimum Gasteiger partial charge on any atom is -0.335 e. The zero-order valence-corrected chi connectivity index (χ0v) is 11.9. The monoisotopic (exact) mass is 309 g/mol. The molecule has 0 radical (unpaired) electrons. The van der Waals surface area contributed by atoms with Crippen LogP contribution in [0.15, 0.2) is 28.7 Å². The summed E-state index contributed by atoms with van der Waals surface area (Å²) in [6.07, 6.45) is 1.91. The zero-order valence-electron chi connectivity index (χ0n) is 10.4. The first-order valence-electron chi connectivity index (χ1n) is 6.16. The van der Waals surface area contributed by atoms with Gasteiger partial charge in [0.05, 0.1) is 6.54 Å². The van der Waals surface area contributed by atoms with Crippen molar-refractivity contribution >= 4 is 27.6 Å². The molecule has 0 N–H and O–H groups in total. The normalized spacial score (nSPS) is 20.0. The van der Waals surface area contributed by atoms with Crippen LogP contribution in [0.4, 0.5) is 0 Å². The number of likely N-dealkylation sites (tertiary alicyclic amines) is 1. The van der Waals surface area contributed by atoms with E-state index in [0.717, 1.165) is 17.3 Å². The van der Waals surface area contributed by atoms with E-state index in [1.165, 1.54) is 0 Å². The molecule has 18 heavy (non-hydrogen) atoms. The van der Waals surface area contributed by atoms with Crippen molar-refractivity contribution < 1.29 is 9.59 Å². The van der Waals surface area contributed by atoms with Crippen LogP contribution in [0, 0.1) is 5.92 Å². The second-order valence-corrected chi connectivity index (χ2v) is 5.56. The Morgan fingerprint density at radius 2 is 2.17 bits per heavy atom. The predicted molar refractivity (Wildman–Crippen MR) is 73.5 cm³/mol. The number of hydrogen-bond acceptors (Lipinski definition) is 2. The molecule has 96 valence electrons. The molecule has 3 nitrogen and oxygen atoms in total. The van der Waals surface area contributed by atoms with Gasteiger partial charge in [0.25, 0.3) is 0 Å². The van der Waals surface area contributed by atoms with Gasteiger partial charge in [0.1, 0.15) is 0 Å². The van der Waals surface area contributed by atoms with Crippen molar-refractivity contribution in [3.8, 4) is 0 Å². The molecule has 1 atom stereocenters. The molecule has 1 amide bonds. The highest BCUT2D eigenvalue weighted by molar-refractivity contribution is 9.10. The summed E-state index contributed by atoms with van der Waals surface area (Å²) in [6, 6.07) is 7.33. The van der Waals surface area contributed by atoms with Crippen LogP contribution in [0.3, 0.4) is 0 Å². The van der Waals surface area contributed by atoms with Gasteiger partial charge in [-0.15, -0.1) is 0 Å². The molecule has 1 aromatic carbocycles. The smallest absolute Gasteiger partial charge is 0.225 e. The van der Waals surface area contributed by atoms with Crippen molar-refractivity contribution in [3.05, 3.63) is 34.3 Å². The van der Waals surface area contributed by atoms with Crippen molar-refractivity contribution in [3.63, 3.8) is 0 Å². The predicted octanol–water partition coefficient (Wildman–Crippen LogP) is 2.89. The van der Waals surface area contributed by atoms with Crippen LogP contribution < -0.4 is 0 Å². The van der Waals surface area contributed by atoms with Crippen molar-refractivity contribution in [1.29, 1.82) is 0 Å². The fraction of sp³-hybridized carbons (Fsp3) is 0.429. The summed E-state index contributed by atoms with van der Waals surface area (Å²) in [4.78, 5) is 25.8. The van der Waals surface area contributed by atoms with Gasteiger partial charge in [-0.25, -0.2) is 0 Å². The molecule has 1 aliphatic rings. The summed E-state index contributed by atoms with van der Waals surface area (Å²) in [5.74, 6) is 0.136. The third-order valence-electron chi connectivity index (χ3n) is 3.31. The summed E-state index contributed by atoms with van der Waals surface area (Å²) in [6.45, 7) is 2.81. The number of carbonyl (C=O) groups excluding carboxylic acids is 2. The number of hydrogen-bond donors (Lipinski definition) is 0. The largest absolute Gasteiger partial charge is 0.335 e. The average Bonchev–Trinajstić information content (AvgIpc) is 2.35. The Bertz CT molecular complexity index is 473. The number of ketones is 1. The third-order valence-corrected chi connectivity index (χ3v) is 4.00. The Hall–Kier alpha value is -1.16. The lowest BCUT2D eigenvalue weighted by Crippen LogP contribution is -2.43. The standard InChI is InChI=1S/C14H16BrNO2/c1-10-5-4-8-16(14(10)18)9-13(17)11-6-2-3-7-12(11)15/h2-3,6-7,10H,4-5,8-9H2,1H3. The number of rotatable bonds is 3. The van der Waals surface area contributed by atoms with Gasteiger partial charge in [0.2, 0.25) is 5.91 Å². The van der Waals surface area contributed by atoms with Gasteiger partial charge in [-0.2, -0.15) is 0 Å². The van der Waals surface area contributed by atoms with Gasteiger partial charge in [-0.05, 0) is 18.9 Å². The Morgan fingerprint density at radius 1 is 1.44 bits per heavy atom. The maximum Gasteiger partial charge on any atom is 0.225 e. The number of carbonyl (C=O) groups is 2. The van der Waals surface area contributed by atoms with Gasteiger partial charge in [0.15, 0.2) is 5.78 Å². The molecule has 0 saturated carbocycles. The van der Waals surface area contributed by atoms with Crippen LogP contribution in [-0.4, -0.2) is 29.7 Å². The first-order chi connectivity index (χ1) is 8.59. The lowest BCUT2D eigenvalue weighted by atomic mass is 9.98. The number of halogens is 1. The first-order valence-corrected chi connectivity index (χ1v) is 6.95. The topological polar surface area (TPSA) is 37.4 Å². The minimum absolute atomic E-state index is 0.00933. The van der Waals surface area contributed by atoms with Crippen molar-refractivity contribution in [2.75, 3.05) is 13.1 Å². The van der Waals surface area contributed by atoms with Gasteiger partial charge in [-0.3, -0.25) is 9.59 Å². The van der Waals surface area contributed by atoms with Crippen molar-refractivity contribution in [2.45, 2.75) is 19.8 Å². The summed E-state index contributed by atoms with van der Waals surface area (Å²) in [5, 5.41) is 0. The highest BCUT2D eigenvalue weighted by atomic mass is 79.9. The van der Waals surface area contributed by atoms with Crippen LogP contribution in [-0.2, 0) is 4.79 Å². The van der Waals surface area contributed by atoms with E-state index >= 15 is 0 Å². The Morgan fingerprint density at radius 3 is 2.89 bits per heavy atom. The van der Waals surface area contributed by atoms with E-state index in [1.807, 2.05) is 25.1 Å². The van der Waals surface area contributed by atoms with E-state index < -0.39 is 0 Å². The molecule has 0 aliphatic carbocycles. The molecule has 1 saturated heterocycles. The molecule has 0 bridgehead atoms. The highest BCUT2D eigenvalue weighted by Crippen LogP contribution is 2.20. The number of Topliss-reactive ketones (excluding diaryl/α,β-unsaturated/α-hetero) is 1. The van der Waals surface area contributed by atoms with Crippen LogP contribution >= 0.6 is 15.9 Å². The Kier molecular flexibility index (Phi) is 4.17. The Labute approximate surface area is 115 Å². The number of piperidine rings is 1. The molecular weight excluding hydrogens is 294 g/mol. The maximum absolute atomic E-state index is 12.2. The van der Waals surface area contributed by atoms with Gasteiger partial charge in [-0.1, -0.05) is 41.1 Å². The van der Waals surface area contributed by atoms with E-state index in [2.05, 4.69) is 15.9 Å². The molecule has 0 spiro atoms.